The monoisotopic (exact) mass is 264 g/mol. The summed E-state index contributed by atoms with van der Waals surface area (Å²) in [7, 11) is 0. The second-order valence-electron chi connectivity index (χ2n) is 6.55. The smallest absolute Gasteiger partial charge is 0.178 e. The summed E-state index contributed by atoms with van der Waals surface area (Å²) in [6.45, 7) is 7.62. The van der Waals surface area contributed by atoms with Crippen molar-refractivity contribution >= 4 is 6.21 Å². The van der Waals surface area contributed by atoms with Gasteiger partial charge in [-0.2, -0.15) is 5.26 Å². The van der Waals surface area contributed by atoms with Crippen molar-refractivity contribution in [3.8, 4) is 6.07 Å². The minimum atomic E-state index is -1.58. The van der Waals surface area contributed by atoms with Gasteiger partial charge in [0, 0.05) is 24.8 Å². The van der Waals surface area contributed by atoms with Crippen LogP contribution in [0.1, 0.15) is 40.5 Å². The predicted octanol–water partition coefficient (Wildman–Crippen LogP) is 3.42. The van der Waals surface area contributed by atoms with E-state index in [0.29, 0.717) is 6.42 Å². The highest BCUT2D eigenvalue weighted by Gasteiger charge is 2.58. The summed E-state index contributed by atoms with van der Waals surface area (Å²) in [5, 5.41) is 8.73. The van der Waals surface area contributed by atoms with Gasteiger partial charge in [0.2, 0.25) is 0 Å². The Hall–Kier alpha value is -1.21. The first-order chi connectivity index (χ1) is 8.78. The van der Waals surface area contributed by atoms with Crippen LogP contribution in [-0.4, -0.2) is 23.6 Å². The highest BCUT2D eigenvalue weighted by molar-refractivity contribution is 5.74. The Kier molecular flexibility index (Phi) is 3.53. The number of hydrogen-bond donors (Lipinski definition) is 0. The first-order valence-electron chi connectivity index (χ1n) is 6.72. The molecular formula is C15H21FN2O. The highest BCUT2D eigenvalue weighted by atomic mass is 19.1. The number of hydrogen-bond acceptors (Lipinski definition) is 3. The van der Waals surface area contributed by atoms with Crippen molar-refractivity contribution in [1.82, 2.24) is 0 Å². The molecule has 0 aromatic carbocycles. The number of halogens is 1. The lowest BCUT2D eigenvalue weighted by molar-refractivity contribution is -0.0958. The van der Waals surface area contributed by atoms with Gasteiger partial charge >= 0.3 is 0 Å². The van der Waals surface area contributed by atoms with E-state index in [0.717, 1.165) is 12.0 Å². The standard InChI is InChI=1S/C15H21FN2O/c1-10-8-18-9-15(16,12-7-11(12)5-6-17)13(10)19-14(2,3)4/h8-9,11-13H,5,7H2,1-4H3. The molecule has 1 aliphatic heterocycles. The molecule has 19 heavy (non-hydrogen) atoms. The van der Waals surface area contributed by atoms with Crippen LogP contribution in [0, 0.1) is 23.2 Å². The van der Waals surface area contributed by atoms with Gasteiger partial charge in [0.1, 0.15) is 6.10 Å². The molecule has 0 radical (unpaired) electrons. The van der Waals surface area contributed by atoms with Crippen LogP contribution in [0.25, 0.3) is 0 Å². The molecule has 3 nitrogen and oxygen atoms in total. The van der Waals surface area contributed by atoms with E-state index in [2.05, 4.69) is 11.1 Å². The summed E-state index contributed by atoms with van der Waals surface area (Å²) in [6.07, 6.45) is 3.59. The SMILES string of the molecule is CC1=CN=CC(F)(C2CC2CC#N)C1OC(C)(C)C. The molecule has 0 aromatic rings. The number of aliphatic imine (C=N–C) groups is 1. The molecule has 0 spiro atoms. The van der Waals surface area contributed by atoms with Gasteiger partial charge in [0.15, 0.2) is 5.67 Å². The van der Waals surface area contributed by atoms with Crippen LogP contribution in [0.2, 0.25) is 0 Å². The van der Waals surface area contributed by atoms with Crippen molar-refractivity contribution < 1.29 is 9.13 Å². The lowest BCUT2D eigenvalue weighted by Gasteiger charge is -2.38. The molecule has 4 unspecified atom stereocenters. The van der Waals surface area contributed by atoms with Crippen molar-refractivity contribution in [3.63, 3.8) is 0 Å². The first-order valence-corrected chi connectivity index (χ1v) is 6.72. The molecule has 2 rings (SSSR count). The number of nitriles is 1. The third kappa shape index (κ3) is 2.87. The molecule has 0 N–H and O–H groups in total. The third-order valence-electron chi connectivity index (χ3n) is 3.68. The van der Waals surface area contributed by atoms with Crippen LogP contribution in [0.4, 0.5) is 4.39 Å². The van der Waals surface area contributed by atoms with Crippen LogP contribution in [0.15, 0.2) is 16.8 Å². The molecule has 2 aliphatic rings. The zero-order chi connectivity index (χ0) is 14.3. The van der Waals surface area contributed by atoms with Gasteiger partial charge in [-0.25, -0.2) is 4.39 Å². The summed E-state index contributed by atoms with van der Waals surface area (Å²) < 4.78 is 21.3. The molecule has 0 bridgehead atoms. The molecule has 4 atom stereocenters. The molecule has 1 saturated carbocycles. The van der Waals surface area contributed by atoms with E-state index in [1.54, 1.807) is 6.20 Å². The van der Waals surface area contributed by atoms with E-state index in [4.69, 9.17) is 10.00 Å². The molecule has 1 heterocycles. The quantitative estimate of drug-likeness (QED) is 0.784. The molecule has 0 aromatic heterocycles. The molecule has 1 aliphatic carbocycles. The normalized spacial score (nSPS) is 37.7. The molecule has 0 saturated heterocycles. The van der Waals surface area contributed by atoms with Crippen LogP contribution in [0.5, 0.6) is 0 Å². The minimum absolute atomic E-state index is 0.137. The summed E-state index contributed by atoms with van der Waals surface area (Å²) >= 11 is 0. The van der Waals surface area contributed by atoms with E-state index in [1.807, 2.05) is 27.7 Å². The van der Waals surface area contributed by atoms with E-state index in [1.165, 1.54) is 6.21 Å². The zero-order valence-electron chi connectivity index (χ0n) is 12.0. The lowest BCUT2D eigenvalue weighted by atomic mass is 9.86. The Morgan fingerprint density at radius 3 is 2.84 bits per heavy atom. The van der Waals surface area contributed by atoms with Gasteiger partial charge in [-0.05, 0) is 45.6 Å². The zero-order valence-corrected chi connectivity index (χ0v) is 12.0. The van der Waals surface area contributed by atoms with Gasteiger partial charge in [-0.1, -0.05) is 0 Å². The van der Waals surface area contributed by atoms with Crippen LogP contribution in [-0.2, 0) is 4.74 Å². The third-order valence-corrected chi connectivity index (χ3v) is 3.68. The van der Waals surface area contributed by atoms with Gasteiger partial charge in [0.25, 0.3) is 0 Å². The fourth-order valence-electron chi connectivity index (χ4n) is 2.71. The lowest BCUT2D eigenvalue weighted by Crippen LogP contribution is -2.49. The molecule has 1 fully saturated rings. The topological polar surface area (TPSA) is 45.4 Å². The van der Waals surface area contributed by atoms with Crippen molar-refractivity contribution in [2.75, 3.05) is 0 Å². The van der Waals surface area contributed by atoms with Crippen molar-refractivity contribution in [1.29, 1.82) is 5.26 Å². The number of ether oxygens (including phenoxy) is 1. The molecular weight excluding hydrogens is 243 g/mol. The van der Waals surface area contributed by atoms with Gasteiger partial charge in [-0.15, -0.1) is 0 Å². The molecule has 0 amide bonds. The van der Waals surface area contributed by atoms with Crippen molar-refractivity contribution in [3.05, 3.63) is 11.8 Å². The van der Waals surface area contributed by atoms with E-state index in [-0.39, 0.29) is 11.8 Å². The largest absolute Gasteiger partial charge is 0.364 e. The fraction of sp³-hybridized carbons (Fsp3) is 0.733. The maximum atomic E-state index is 15.4. The molecule has 4 heteroatoms. The van der Waals surface area contributed by atoms with E-state index < -0.39 is 17.4 Å². The predicted molar refractivity (Wildman–Crippen MR) is 72.5 cm³/mol. The number of rotatable bonds is 3. The Morgan fingerprint density at radius 2 is 2.26 bits per heavy atom. The van der Waals surface area contributed by atoms with Crippen molar-refractivity contribution in [2.24, 2.45) is 16.8 Å². The number of alkyl halides is 1. The van der Waals surface area contributed by atoms with Crippen LogP contribution < -0.4 is 0 Å². The maximum Gasteiger partial charge on any atom is 0.178 e. The van der Waals surface area contributed by atoms with Crippen molar-refractivity contribution in [2.45, 2.75) is 57.9 Å². The van der Waals surface area contributed by atoms with Crippen LogP contribution >= 0.6 is 0 Å². The average molecular weight is 264 g/mol. The van der Waals surface area contributed by atoms with Gasteiger partial charge in [-0.3, -0.25) is 4.99 Å². The number of nitrogens with zero attached hydrogens (tertiary/aromatic N) is 2. The summed E-state index contributed by atoms with van der Waals surface area (Å²) in [5.74, 6) is -0.00896. The summed E-state index contributed by atoms with van der Waals surface area (Å²) in [5.41, 5.74) is -1.18. The first kappa shape index (κ1) is 14.2. The summed E-state index contributed by atoms with van der Waals surface area (Å²) in [4.78, 5) is 4.02. The van der Waals surface area contributed by atoms with E-state index >= 15 is 4.39 Å². The second kappa shape index (κ2) is 4.72. The summed E-state index contributed by atoms with van der Waals surface area (Å²) in [6, 6.07) is 2.12. The average Bonchev–Trinajstić information content (AvgIpc) is 3.03. The second-order valence-corrected chi connectivity index (χ2v) is 6.55. The fourth-order valence-corrected chi connectivity index (χ4v) is 2.71. The molecule has 104 valence electrons. The Labute approximate surface area is 114 Å². The Bertz CT molecular complexity index is 458. The maximum absolute atomic E-state index is 15.4. The van der Waals surface area contributed by atoms with Gasteiger partial charge < -0.3 is 4.74 Å². The Balaban J connectivity index is 2.20. The highest BCUT2D eigenvalue weighted by Crippen LogP contribution is 2.53. The minimum Gasteiger partial charge on any atom is -0.364 e. The Morgan fingerprint density at radius 1 is 1.58 bits per heavy atom. The van der Waals surface area contributed by atoms with Gasteiger partial charge in [0.05, 0.1) is 11.7 Å². The van der Waals surface area contributed by atoms with Crippen LogP contribution in [0.3, 0.4) is 0 Å². The van der Waals surface area contributed by atoms with E-state index in [9.17, 15) is 0 Å².